The van der Waals surface area contributed by atoms with Crippen LogP contribution in [0.5, 0.6) is 5.75 Å². The molecule has 0 heterocycles. The van der Waals surface area contributed by atoms with E-state index in [0.717, 1.165) is 0 Å². The molecule has 112 valence electrons. The SMILES string of the molecule is O=C(N/N=C\c1ccc(Br)c([N+](=O)[O-])c1)c1cccc(O)c1. The molecule has 1 amide bonds. The molecule has 8 heteroatoms. The van der Waals surface area contributed by atoms with Gasteiger partial charge in [-0.25, -0.2) is 5.43 Å². The van der Waals surface area contributed by atoms with Gasteiger partial charge in [-0.05, 0) is 40.2 Å². The molecule has 0 aliphatic carbocycles. The Labute approximate surface area is 133 Å². The lowest BCUT2D eigenvalue weighted by Crippen LogP contribution is -2.17. The zero-order valence-corrected chi connectivity index (χ0v) is 12.6. The molecule has 0 aliphatic heterocycles. The Morgan fingerprint density at radius 3 is 2.77 bits per heavy atom. The van der Waals surface area contributed by atoms with Crippen molar-refractivity contribution in [3.05, 3.63) is 68.2 Å². The van der Waals surface area contributed by atoms with Gasteiger partial charge in [0.2, 0.25) is 0 Å². The quantitative estimate of drug-likeness (QED) is 0.494. The Kier molecular flexibility index (Phi) is 4.84. The van der Waals surface area contributed by atoms with Crippen LogP contribution in [0.3, 0.4) is 0 Å². The first-order valence-corrected chi connectivity index (χ1v) is 6.83. The highest BCUT2D eigenvalue weighted by Crippen LogP contribution is 2.24. The van der Waals surface area contributed by atoms with Crippen LogP contribution in [0.2, 0.25) is 0 Å². The molecule has 22 heavy (non-hydrogen) atoms. The summed E-state index contributed by atoms with van der Waals surface area (Å²) in [5.74, 6) is -0.529. The molecule has 0 atom stereocenters. The van der Waals surface area contributed by atoms with Crippen LogP contribution in [0.25, 0.3) is 0 Å². The molecule has 7 nitrogen and oxygen atoms in total. The van der Waals surface area contributed by atoms with E-state index in [9.17, 15) is 20.0 Å². The Morgan fingerprint density at radius 2 is 2.09 bits per heavy atom. The maximum atomic E-state index is 11.8. The number of phenols is 1. The summed E-state index contributed by atoms with van der Waals surface area (Å²) in [7, 11) is 0. The van der Waals surface area contributed by atoms with Gasteiger partial charge in [0.25, 0.3) is 11.6 Å². The van der Waals surface area contributed by atoms with Gasteiger partial charge in [-0.15, -0.1) is 0 Å². The molecule has 0 fully saturated rings. The average molecular weight is 364 g/mol. The summed E-state index contributed by atoms with van der Waals surface area (Å²) in [5, 5.41) is 23.8. The number of nitrogens with zero attached hydrogens (tertiary/aromatic N) is 2. The fraction of sp³-hybridized carbons (Fsp3) is 0. The highest BCUT2D eigenvalue weighted by molar-refractivity contribution is 9.10. The summed E-state index contributed by atoms with van der Waals surface area (Å²) in [6.07, 6.45) is 1.29. The first kappa shape index (κ1) is 15.6. The van der Waals surface area contributed by atoms with Crippen molar-refractivity contribution in [2.45, 2.75) is 0 Å². The molecule has 2 N–H and O–H groups in total. The van der Waals surface area contributed by atoms with Crippen LogP contribution >= 0.6 is 15.9 Å². The summed E-state index contributed by atoms with van der Waals surface area (Å²) in [4.78, 5) is 22.1. The number of benzene rings is 2. The molecule has 0 saturated carbocycles. The smallest absolute Gasteiger partial charge is 0.284 e. The van der Waals surface area contributed by atoms with Gasteiger partial charge in [-0.2, -0.15) is 5.10 Å². The number of phenolic OH excluding ortho intramolecular Hbond substituents is 1. The minimum atomic E-state index is -0.521. The summed E-state index contributed by atoms with van der Waals surface area (Å²) in [6.45, 7) is 0. The van der Waals surface area contributed by atoms with Crippen LogP contribution in [-0.2, 0) is 0 Å². The van der Waals surface area contributed by atoms with E-state index >= 15 is 0 Å². The van der Waals surface area contributed by atoms with Gasteiger partial charge in [0, 0.05) is 17.2 Å². The molecule has 0 aliphatic rings. The number of rotatable bonds is 4. The van der Waals surface area contributed by atoms with E-state index < -0.39 is 10.8 Å². The Bertz CT molecular complexity index is 762. The topological polar surface area (TPSA) is 105 Å². The van der Waals surface area contributed by atoms with E-state index in [2.05, 4.69) is 26.5 Å². The van der Waals surface area contributed by atoms with Crippen LogP contribution in [0.4, 0.5) is 5.69 Å². The van der Waals surface area contributed by atoms with Gasteiger partial charge in [-0.1, -0.05) is 12.1 Å². The fourth-order valence-electron chi connectivity index (χ4n) is 1.63. The second-order valence-electron chi connectivity index (χ2n) is 4.22. The first-order chi connectivity index (χ1) is 10.5. The second-order valence-corrected chi connectivity index (χ2v) is 5.07. The molecular formula is C14H10BrN3O4. The Hall–Kier alpha value is -2.74. The van der Waals surface area contributed by atoms with Crippen molar-refractivity contribution < 1.29 is 14.8 Å². The first-order valence-electron chi connectivity index (χ1n) is 6.04. The summed E-state index contributed by atoms with van der Waals surface area (Å²) in [6, 6.07) is 10.3. The highest BCUT2D eigenvalue weighted by Gasteiger charge is 2.11. The summed E-state index contributed by atoms with van der Waals surface area (Å²) >= 11 is 3.08. The fourth-order valence-corrected chi connectivity index (χ4v) is 2.02. The van der Waals surface area contributed by atoms with Crippen molar-refractivity contribution in [3.63, 3.8) is 0 Å². The molecule has 0 spiro atoms. The molecule has 0 unspecified atom stereocenters. The number of hydrazone groups is 1. The van der Waals surface area contributed by atoms with E-state index in [1.165, 1.54) is 42.6 Å². The lowest BCUT2D eigenvalue weighted by molar-refractivity contribution is -0.385. The van der Waals surface area contributed by atoms with E-state index in [0.29, 0.717) is 10.0 Å². The number of hydrogen-bond acceptors (Lipinski definition) is 5. The zero-order valence-electron chi connectivity index (χ0n) is 11.1. The lowest BCUT2D eigenvalue weighted by Gasteiger charge is -2.00. The summed E-state index contributed by atoms with van der Waals surface area (Å²) < 4.78 is 0.360. The van der Waals surface area contributed by atoms with Gasteiger partial charge in [-0.3, -0.25) is 14.9 Å². The number of aromatic hydroxyl groups is 1. The molecule has 2 aromatic rings. The average Bonchev–Trinajstić information content (AvgIpc) is 2.48. The van der Waals surface area contributed by atoms with Crippen LogP contribution in [0, 0.1) is 10.1 Å². The second kappa shape index (κ2) is 6.81. The number of amides is 1. The Morgan fingerprint density at radius 1 is 1.32 bits per heavy atom. The van der Waals surface area contributed by atoms with E-state index in [1.54, 1.807) is 6.07 Å². The van der Waals surface area contributed by atoms with Crippen molar-refractivity contribution in [2.75, 3.05) is 0 Å². The molecular weight excluding hydrogens is 354 g/mol. The molecule has 2 rings (SSSR count). The van der Waals surface area contributed by atoms with Crippen molar-refractivity contribution in [1.29, 1.82) is 0 Å². The maximum Gasteiger partial charge on any atom is 0.284 e. The third-order valence-electron chi connectivity index (χ3n) is 2.65. The minimum absolute atomic E-state index is 0.0276. The van der Waals surface area contributed by atoms with Crippen molar-refractivity contribution >= 4 is 33.7 Å². The Balaban J connectivity index is 2.08. The number of carbonyl (C=O) groups is 1. The number of nitrogens with one attached hydrogen (secondary N) is 1. The van der Waals surface area contributed by atoms with Crippen molar-refractivity contribution in [1.82, 2.24) is 5.43 Å². The molecule has 0 radical (unpaired) electrons. The highest BCUT2D eigenvalue weighted by atomic mass is 79.9. The lowest BCUT2D eigenvalue weighted by atomic mass is 10.2. The maximum absolute atomic E-state index is 11.8. The number of hydrogen-bond donors (Lipinski definition) is 2. The normalized spacial score (nSPS) is 10.6. The predicted molar refractivity (Wildman–Crippen MR) is 84.0 cm³/mol. The van der Waals surface area contributed by atoms with Gasteiger partial charge >= 0.3 is 0 Å². The van der Waals surface area contributed by atoms with Crippen molar-refractivity contribution in [2.24, 2.45) is 5.10 Å². The van der Waals surface area contributed by atoms with Crippen LogP contribution < -0.4 is 5.43 Å². The van der Waals surface area contributed by atoms with E-state index in [4.69, 9.17) is 0 Å². The monoisotopic (exact) mass is 363 g/mol. The number of nitro benzene ring substituents is 1. The zero-order chi connectivity index (χ0) is 16.1. The van der Waals surface area contributed by atoms with E-state index in [1.807, 2.05) is 0 Å². The third kappa shape index (κ3) is 3.89. The van der Waals surface area contributed by atoms with Crippen LogP contribution in [-0.4, -0.2) is 22.2 Å². The number of carbonyl (C=O) groups excluding carboxylic acids is 1. The molecule has 2 aromatic carbocycles. The summed E-state index contributed by atoms with van der Waals surface area (Å²) in [5.41, 5.74) is 2.89. The van der Waals surface area contributed by atoms with Gasteiger partial charge in [0.15, 0.2) is 0 Å². The molecule has 0 saturated heterocycles. The molecule has 0 aromatic heterocycles. The van der Waals surface area contributed by atoms with Crippen LogP contribution in [0.15, 0.2) is 52.0 Å². The third-order valence-corrected chi connectivity index (χ3v) is 3.33. The number of halogens is 1. The molecule has 0 bridgehead atoms. The van der Waals surface area contributed by atoms with Gasteiger partial charge in [0.05, 0.1) is 15.6 Å². The van der Waals surface area contributed by atoms with Crippen molar-refractivity contribution in [3.8, 4) is 5.75 Å². The number of nitro groups is 1. The van der Waals surface area contributed by atoms with Gasteiger partial charge in [0.1, 0.15) is 5.75 Å². The van der Waals surface area contributed by atoms with E-state index in [-0.39, 0.29) is 17.0 Å². The minimum Gasteiger partial charge on any atom is -0.508 e. The largest absolute Gasteiger partial charge is 0.508 e. The predicted octanol–water partition coefficient (Wildman–Crippen LogP) is 2.83. The standard InChI is InChI=1S/C14H10BrN3O4/c15-12-5-4-9(6-13(12)18(21)22)8-16-17-14(20)10-2-1-3-11(19)7-10/h1-8,19H,(H,17,20)/b16-8-. The van der Waals surface area contributed by atoms with Gasteiger partial charge < -0.3 is 5.11 Å². The van der Waals surface area contributed by atoms with Crippen LogP contribution in [0.1, 0.15) is 15.9 Å².